The quantitative estimate of drug-likeness (QED) is 0.0468. The largest absolute Gasteiger partial charge is 0.493 e. The molecule has 11 heteroatoms. The van der Waals surface area contributed by atoms with Crippen LogP contribution in [0.4, 0.5) is 0 Å². The van der Waals surface area contributed by atoms with Crippen molar-refractivity contribution in [2.75, 3.05) is 37.9 Å². The summed E-state index contributed by atoms with van der Waals surface area (Å²) in [6.45, 7) is 11.4. The van der Waals surface area contributed by atoms with Gasteiger partial charge < -0.3 is 29.3 Å². The fourth-order valence-electron chi connectivity index (χ4n) is 8.36. The lowest BCUT2D eigenvalue weighted by molar-refractivity contribution is -0.223. The van der Waals surface area contributed by atoms with Gasteiger partial charge in [-0.3, -0.25) is 9.97 Å². The number of thioether (sulfide) groups is 2. The van der Waals surface area contributed by atoms with E-state index in [0.29, 0.717) is 19.6 Å². The molecule has 0 bridgehead atoms. The molecule has 2 N–H and O–H groups in total. The van der Waals surface area contributed by atoms with Crippen molar-refractivity contribution in [3.05, 3.63) is 103 Å². The van der Waals surface area contributed by atoms with E-state index in [-0.39, 0.29) is 42.1 Å². The fraction of sp³-hybridized carbons (Fsp3) is 0.533. The van der Waals surface area contributed by atoms with Gasteiger partial charge in [-0.1, -0.05) is 48.3 Å². The molecule has 6 unspecified atom stereocenters. The molecule has 6 rings (SSSR count). The van der Waals surface area contributed by atoms with Gasteiger partial charge in [-0.2, -0.15) is 11.8 Å². The summed E-state index contributed by atoms with van der Waals surface area (Å²) in [7, 11) is 0. The van der Waals surface area contributed by atoms with E-state index in [4.69, 9.17) is 24.2 Å². The lowest BCUT2D eigenvalue weighted by Gasteiger charge is -2.58. The van der Waals surface area contributed by atoms with Gasteiger partial charge in [0.25, 0.3) is 0 Å². The maximum Gasteiger partial charge on any atom is 0.230 e. The Hall–Kier alpha value is -3.35. The van der Waals surface area contributed by atoms with Gasteiger partial charge in [0, 0.05) is 66.8 Å². The number of benzene rings is 2. The van der Waals surface area contributed by atoms with E-state index in [1.165, 1.54) is 4.90 Å². The summed E-state index contributed by atoms with van der Waals surface area (Å²) in [5.74, 6) is 2.47. The number of fused-ring (bicyclic) bond motifs is 2. The van der Waals surface area contributed by atoms with Crippen LogP contribution in [-0.4, -0.2) is 80.5 Å². The van der Waals surface area contributed by atoms with Gasteiger partial charge in [-0.05, 0) is 99.9 Å². The summed E-state index contributed by atoms with van der Waals surface area (Å²) >= 11 is 3.61. The molecule has 6 atom stereocenters. The molecule has 2 aliphatic carbocycles. The highest BCUT2D eigenvalue weighted by Gasteiger charge is 2.64. The van der Waals surface area contributed by atoms with Gasteiger partial charge in [0.15, 0.2) is 0 Å². The molecule has 1 saturated carbocycles. The molecular formula is C45H59N3O6S2. The van der Waals surface area contributed by atoms with Crippen LogP contribution in [0.3, 0.4) is 0 Å². The number of aryl methyl sites for hydroxylation is 1. The number of allylic oxidation sites excluding steroid dienone is 1. The highest BCUT2D eigenvalue weighted by molar-refractivity contribution is 8.00. The molecule has 0 spiro atoms. The number of aliphatic hydroxyl groups excluding tert-OH is 2. The number of hydrogen-bond acceptors (Lipinski definition) is 11. The zero-order valence-electron chi connectivity index (χ0n) is 33.2. The number of oxime groups is 1. The maximum absolute atomic E-state index is 9.92. The van der Waals surface area contributed by atoms with Crippen molar-refractivity contribution < 1.29 is 29.3 Å². The predicted octanol–water partition coefficient (Wildman–Crippen LogP) is 9.06. The Morgan fingerprint density at radius 3 is 2.55 bits per heavy atom. The Morgan fingerprint density at radius 2 is 1.82 bits per heavy atom. The van der Waals surface area contributed by atoms with Crippen LogP contribution in [0, 0.1) is 17.8 Å². The molecule has 56 heavy (non-hydrogen) atoms. The molecule has 1 aliphatic heterocycles. The minimum absolute atomic E-state index is 0.00635. The highest BCUT2D eigenvalue weighted by atomic mass is 32.2. The third kappa shape index (κ3) is 10.6. The summed E-state index contributed by atoms with van der Waals surface area (Å²) in [4.78, 5) is 16.3. The second-order valence-corrected chi connectivity index (χ2v) is 18.3. The van der Waals surface area contributed by atoms with E-state index in [0.717, 1.165) is 90.5 Å². The van der Waals surface area contributed by atoms with Crippen LogP contribution < -0.4 is 9.47 Å². The molecule has 2 heterocycles. The van der Waals surface area contributed by atoms with Gasteiger partial charge in [0.2, 0.25) is 5.79 Å². The average Bonchev–Trinajstić information content (AvgIpc) is 3.20. The number of hydrogen-bond donors (Lipinski definition) is 2. The van der Waals surface area contributed by atoms with Crippen molar-refractivity contribution in [1.82, 2.24) is 9.97 Å². The Bertz CT molecular complexity index is 1750. The number of rotatable bonds is 21. The van der Waals surface area contributed by atoms with Gasteiger partial charge in [-0.15, -0.1) is 18.3 Å². The van der Waals surface area contributed by atoms with Crippen molar-refractivity contribution >= 4 is 29.2 Å². The first-order valence-electron chi connectivity index (χ1n) is 20.2. The monoisotopic (exact) mass is 801 g/mol. The van der Waals surface area contributed by atoms with E-state index in [1.54, 1.807) is 24.2 Å². The highest BCUT2D eigenvalue weighted by Crippen LogP contribution is 2.62. The zero-order chi connectivity index (χ0) is 39.4. The Kier molecular flexibility index (Phi) is 15.4. The van der Waals surface area contributed by atoms with E-state index in [2.05, 4.69) is 59.0 Å². The van der Waals surface area contributed by atoms with Crippen LogP contribution in [0.1, 0.15) is 82.9 Å². The van der Waals surface area contributed by atoms with E-state index in [9.17, 15) is 10.2 Å². The Balaban J connectivity index is 1.44. The second-order valence-electron chi connectivity index (χ2n) is 15.8. The summed E-state index contributed by atoms with van der Waals surface area (Å²) in [5.41, 5.74) is 3.64. The molecule has 2 aromatic carbocycles. The Labute approximate surface area is 341 Å². The fourth-order valence-corrected chi connectivity index (χ4v) is 10.5. The molecular weight excluding hydrogens is 743 g/mol. The summed E-state index contributed by atoms with van der Waals surface area (Å²) in [5, 5.41) is 24.6. The molecule has 3 aliphatic rings. The third-order valence-corrected chi connectivity index (χ3v) is 13.0. The number of aromatic nitrogens is 2. The Morgan fingerprint density at radius 1 is 1.02 bits per heavy atom. The molecule has 0 radical (unpaired) electrons. The topological polar surface area (TPSA) is 116 Å². The summed E-state index contributed by atoms with van der Waals surface area (Å²) < 4.78 is 20.8. The minimum atomic E-state index is -1.02. The lowest BCUT2D eigenvalue weighted by Crippen LogP contribution is -2.64. The van der Waals surface area contributed by atoms with Crippen LogP contribution in [0.25, 0.3) is 0 Å². The zero-order valence-corrected chi connectivity index (χ0v) is 34.8. The van der Waals surface area contributed by atoms with Gasteiger partial charge in [0.05, 0.1) is 35.8 Å². The van der Waals surface area contributed by atoms with Gasteiger partial charge in [-0.25, -0.2) is 0 Å². The number of aliphatic hydroxyl groups is 2. The van der Waals surface area contributed by atoms with Crippen LogP contribution in [0.2, 0.25) is 0 Å². The van der Waals surface area contributed by atoms with Gasteiger partial charge >= 0.3 is 0 Å². The molecule has 1 aromatic heterocycles. The van der Waals surface area contributed by atoms with Gasteiger partial charge in [0.1, 0.15) is 17.1 Å². The van der Waals surface area contributed by atoms with Crippen molar-refractivity contribution in [2.24, 2.45) is 22.9 Å². The van der Waals surface area contributed by atoms with Crippen LogP contribution in [0.15, 0.2) is 101 Å². The summed E-state index contributed by atoms with van der Waals surface area (Å²) in [6.07, 6.45) is 16.0. The third-order valence-electron chi connectivity index (χ3n) is 10.7. The summed E-state index contributed by atoms with van der Waals surface area (Å²) in [6, 6.07) is 16.7. The van der Waals surface area contributed by atoms with Crippen molar-refractivity contribution in [1.29, 1.82) is 0 Å². The standard InChI is InChI=1S/C45H59N3O6S2/c1-5-24-52-45-41(56-26-19-33-31-46-20-21-47-33)30-39(48-54-44(2,3)4)37-28-32(13-9-11-22-49)36(16-10-12-23-50)42(43(37)45)38-29-34(17-18-40(38)53-45)51-25-27-55-35-14-7-6-8-15-35/h5-8,14-15,17-18,20-21,28-29,31-32,36,41-43,49-50H,1,9-13,16,19,22-27,30H2,2-4H3. The SMILES string of the molecule is C=CCOC12Oc3ccc(OCCSc4ccccc4)cc3C3C(CCCCO)C(CCCCO)C=C(C(=NOC(C)(C)C)CC1SCCc1cnccn1)C32. The maximum atomic E-state index is 9.92. The first kappa shape index (κ1) is 42.3. The molecule has 302 valence electrons. The number of nitrogens with zero attached hydrogens (tertiary/aromatic N) is 3. The molecule has 1 fully saturated rings. The average molecular weight is 802 g/mol. The van der Waals surface area contributed by atoms with E-state index in [1.807, 2.05) is 56.9 Å². The van der Waals surface area contributed by atoms with Crippen LogP contribution in [0.5, 0.6) is 11.5 Å². The normalized spacial score (nSPS) is 24.8. The lowest BCUT2D eigenvalue weighted by atomic mass is 9.56. The second kappa shape index (κ2) is 20.4. The van der Waals surface area contributed by atoms with Crippen molar-refractivity contribution in [2.45, 2.75) is 99.6 Å². The first-order chi connectivity index (χ1) is 27.3. The van der Waals surface area contributed by atoms with Crippen LogP contribution >= 0.6 is 23.5 Å². The number of unbranched alkanes of at least 4 members (excludes halogenated alkanes) is 2. The predicted molar refractivity (Wildman–Crippen MR) is 227 cm³/mol. The minimum Gasteiger partial charge on any atom is -0.493 e. The molecule has 3 aromatic rings. The number of ether oxygens (including phenoxy) is 3. The van der Waals surface area contributed by atoms with E-state index < -0.39 is 11.4 Å². The smallest absolute Gasteiger partial charge is 0.230 e. The van der Waals surface area contributed by atoms with Crippen molar-refractivity contribution in [3.8, 4) is 11.5 Å². The molecule has 0 saturated heterocycles. The molecule has 9 nitrogen and oxygen atoms in total. The van der Waals surface area contributed by atoms with E-state index >= 15 is 0 Å². The first-order valence-corrected chi connectivity index (χ1v) is 22.2. The van der Waals surface area contributed by atoms with Crippen molar-refractivity contribution in [3.63, 3.8) is 0 Å². The van der Waals surface area contributed by atoms with Crippen LogP contribution in [-0.2, 0) is 16.0 Å². The molecule has 0 amide bonds.